The molecular formula is C16H16N2O7S. The van der Waals surface area contributed by atoms with Gasteiger partial charge in [0.1, 0.15) is 0 Å². The zero-order chi connectivity index (χ0) is 18.7. The molecule has 1 aliphatic rings. The fourth-order valence-corrected chi connectivity index (χ4v) is 3.93. The molecule has 2 heterocycles. The summed E-state index contributed by atoms with van der Waals surface area (Å²) in [6, 6.07) is 9.01. The third-order valence-electron chi connectivity index (χ3n) is 3.76. The Morgan fingerprint density at radius 2 is 1.92 bits per heavy atom. The monoisotopic (exact) mass is 380 g/mol. The zero-order valence-electron chi connectivity index (χ0n) is 13.8. The van der Waals surface area contributed by atoms with Gasteiger partial charge in [-0.05, 0) is 28.1 Å². The van der Waals surface area contributed by atoms with Crippen molar-refractivity contribution in [2.75, 3.05) is 20.3 Å². The van der Waals surface area contributed by atoms with Crippen LogP contribution in [0.25, 0.3) is 0 Å². The van der Waals surface area contributed by atoms with Crippen LogP contribution in [0.1, 0.15) is 17.5 Å². The number of nitro groups is 1. The number of rotatable bonds is 6. The van der Waals surface area contributed by atoms with Gasteiger partial charge >= 0.3 is 5.82 Å². The number of methoxy groups -OCH3 is 1. The van der Waals surface area contributed by atoms with Crippen LogP contribution in [0.2, 0.25) is 0 Å². The van der Waals surface area contributed by atoms with E-state index in [0.717, 1.165) is 0 Å². The topological polar surface area (TPSA) is 118 Å². The van der Waals surface area contributed by atoms with Crippen molar-refractivity contribution in [3.05, 3.63) is 57.8 Å². The van der Waals surface area contributed by atoms with Gasteiger partial charge in [-0.2, -0.15) is 0 Å². The first kappa shape index (κ1) is 18.2. The van der Waals surface area contributed by atoms with Crippen molar-refractivity contribution in [3.63, 3.8) is 0 Å². The minimum Gasteiger partial charge on any atom is -0.492 e. The fourth-order valence-electron chi connectivity index (χ4n) is 2.57. The van der Waals surface area contributed by atoms with Crippen LogP contribution in [0.15, 0.2) is 41.3 Å². The first-order chi connectivity index (χ1) is 12.4. The van der Waals surface area contributed by atoms with E-state index in [0.29, 0.717) is 13.2 Å². The van der Waals surface area contributed by atoms with E-state index in [1.807, 2.05) is 0 Å². The van der Waals surface area contributed by atoms with Crippen LogP contribution in [0.4, 0.5) is 5.82 Å². The molecule has 0 aliphatic carbocycles. The van der Waals surface area contributed by atoms with E-state index in [2.05, 4.69) is 4.98 Å². The lowest BCUT2D eigenvalue weighted by atomic mass is 10.2. The highest BCUT2D eigenvalue weighted by molar-refractivity contribution is 7.90. The molecular weight excluding hydrogens is 364 g/mol. The molecule has 0 bridgehead atoms. The summed E-state index contributed by atoms with van der Waals surface area (Å²) >= 11 is 0. The van der Waals surface area contributed by atoms with Crippen LogP contribution in [0.3, 0.4) is 0 Å². The predicted octanol–water partition coefficient (Wildman–Crippen LogP) is 2.02. The van der Waals surface area contributed by atoms with E-state index in [1.54, 1.807) is 18.2 Å². The van der Waals surface area contributed by atoms with Gasteiger partial charge in [-0.3, -0.25) is 0 Å². The molecule has 0 amide bonds. The van der Waals surface area contributed by atoms with Gasteiger partial charge in [0, 0.05) is 0 Å². The van der Waals surface area contributed by atoms with Crippen LogP contribution in [0, 0.1) is 10.1 Å². The highest BCUT2D eigenvalue weighted by Gasteiger charge is 2.33. The number of benzene rings is 1. The molecule has 2 aromatic rings. The summed E-state index contributed by atoms with van der Waals surface area (Å²) in [6.45, 7) is 0.654. The second-order valence-corrected chi connectivity index (χ2v) is 7.45. The minimum absolute atomic E-state index is 0.0693. The van der Waals surface area contributed by atoms with Crippen LogP contribution in [-0.4, -0.2) is 38.6 Å². The maximum atomic E-state index is 12.6. The van der Waals surface area contributed by atoms with E-state index < -0.39 is 32.6 Å². The quantitative estimate of drug-likeness (QED) is 0.552. The second kappa shape index (κ2) is 7.36. The summed E-state index contributed by atoms with van der Waals surface area (Å²) in [7, 11) is -2.43. The van der Waals surface area contributed by atoms with Gasteiger partial charge in [0.05, 0.1) is 36.5 Å². The average Bonchev–Trinajstić information content (AvgIpc) is 3.16. The Hall–Kier alpha value is -2.56. The lowest BCUT2D eigenvalue weighted by molar-refractivity contribution is -0.390. The van der Waals surface area contributed by atoms with Crippen LogP contribution in [0.5, 0.6) is 5.75 Å². The summed E-state index contributed by atoms with van der Waals surface area (Å²) in [6.07, 6.45) is -0.886. The molecule has 0 N–H and O–H groups in total. The molecule has 0 radical (unpaired) electrons. The highest BCUT2D eigenvalue weighted by Crippen LogP contribution is 2.34. The number of sulfone groups is 1. The van der Waals surface area contributed by atoms with Crippen LogP contribution >= 0.6 is 0 Å². The Labute approximate surface area is 149 Å². The summed E-state index contributed by atoms with van der Waals surface area (Å²) in [5, 5.41) is 11.4. The van der Waals surface area contributed by atoms with Gasteiger partial charge in [-0.15, -0.1) is 0 Å². The largest absolute Gasteiger partial charge is 0.492 e. The molecule has 1 saturated heterocycles. The van der Waals surface area contributed by atoms with Gasteiger partial charge in [-0.25, -0.2) is 8.42 Å². The van der Waals surface area contributed by atoms with Crippen molar-refractivity contribution in [2.24, 2.45) is 0 Å². The molecule has 0 spiro atoms. The highest BCUT2D eigenvalue weighted by atomic mass is 32.2. The molecule has 0 atom stereocenters. The lowest BCUT2D eigenvalue weighted by Crippen LogP contribution is -2.12. The van der Waals surface area contributed by atoms with Crippen LogP contribution in [-0.2, 0) is 25.1 Å². The Bertz CT molecular complexity index is 910. The van der Waals surface area contributed by atoms with Gasteiger partial charge in [0.25, 0.3) is 5.69 Å². The molecule has 1 aliphatic heterocycles. The van der Waals surface area contributed by atoms with Crippen molar-refractivity contribution in [3.8, 4) is 5.75 Å². The molecule has 1 aromatic heterocycles. The molecule has 138 valence electrons. The van der Waals surface area contributed by atoms with Crippen molar-refractivity contribution < 1.29 is 27.6 Å². The SMILES string of the molecule is COc1cc(CS(=O)(=O)c2ccccc2)c([N+](=O)[O-])nc1C1OCCO1. The van der Waals surface area contributed by atoms with Gasteiger partial charge in [0.2, 0.25) is 6.29 Å². The van der Waals surface area contributed by atoms with Crippen LogP contribution < -0.4 is 4.74 Å². The molecule has 1 fully saturated rings. The average molecular weight is 380 g/mol. The number of hydrogen-bond donors (Lipinski definition) is 0. The number of nitrogens with zero attached hydrogens (tertiary/aromatic N) is 2. The van der Waals surface area contributed by atoms with Crippen molar-refractivity contribution in [1.82, 2.24) is 4.98 Å². The zero-order valence-corrected chi connectivity index (χ0v) is 14.6. The molecule has 26 heavy (non-hydrogen) atoms. The second-order valence-electron chi connectivity index (χ2n) is 5.46. The van der Waals surface area contributed by atoms with E-state index in [1.165, 1.54) is 25.3 Å². The Morgan fingerprint density at radius 3 is 2.50 bits per heavy atom. The maximum Gasteiger partial charge on any atom is 0.368 e. The molecule has 1 aromatic carbocycles. The van der Waals surface area contributed by atoms with E-state index in [9.17, 15) is 18.5 Å². The van der Waals surface area contributed by atoms with E-state index in [4.69, 9.17) is 14.2 Å². The van der Waals surface area contributed by atoms with Gasteiger partial charge in [0.15, 0.2) is 15.6 Å². The standard InChI is InChI=1S/C16H16N2O7S/c1-23-13-9-11(10-26(21,22)12-5-3-2-4-6-12)15(18(19)20)17-14(13)16-24-7-8-25-16/h2-6,9,16H,7-8,10H2,1H3. The van der Waals surface area contributed by atoms with Crippen molar-refractivity contribution >= 4 is 15.7 Å². The predicted molar refractivity (Wildman–Crippen MR) is 89.4 cm³/mol. The number of ether oxygens (including phenoxy) is 3. The number of hydrogen-bond acceptors (Lipinski definition) is 8. The van der Waals surface area contributed by atoms with Crippen molar-refractivity contribution in [1.29, 1.82) is 0 Å². The molecule has 0 unspecified atom stereocenters. The summed E-state index contributed by atoms with van der Waals surface area (Å²) in [5.41, 5.74) is 0.0370. The maximum absolute atomic E-state index is 12.6. The minimum atomic E-state index is -3.79. The molecule has 10 heteroatoms. The number of pyridine rings is 1. The van der Waals surface area contributed by atoms with Crippen molar-refractivity contribution in [2.45, 2.75) is 16.9 Å². The number of aromatic nitrogens is 1. The Morgan fingerprint density at radius 1 is 1.27 bits per heavy atom. The molecule has 0 saturated carbocycles. The van der Waals surface area contributed by atoms with E-state index in [-0.39, 0.29) is 21.9 Å². The summed E-state index contributed by atoms with van der Waals surface area (Å²) in [5.74, 6) is -0.983. The Kier molecular flexibility index (Phi) is 5.16. The van der Waals surface area contributed by atoms with Gasteiger partial charge in [-0.1, -0.05) is 18.2 Å². The lowest BCUT2D eigenvalue weighted by Gasteiger charge is -2.12. The Balaban J connectivity index is 2.04. The smallest absolute Gasteiger partial charge is 0.368 e. The fraction of sp³-hybridized carbons (Fsp3) is 0.312. The summed E-state index contributed by atoms with van der Waals surface area (Å²) in [4.78, 5) is 14.7. The molecule has 3 rings (SSSR count). The summed E-state index contributed by atoms with van der Waals surface area (Å²) < 4.78 is 41.0. The molecule has 9 nitrogen and oxygen atoms in total. The third-order valence-corrected chi connectivity index (χ3v) is 5.44. The first-order valence-electron chi connectivity index (χ1n) is 7.65. The van der Waals surface area contributed by atoms with E-state index >= 15 is 0 Å². The third kappa shape index (κ3) is 3.66. The first-order valence-corrected chi connectivity index (χ1v) is 9.31. The van der Waals surface area contributed by atoms with Gasteiger partial charge < -0.3 is 24.3 Å². The normalized spacial score (nSPS) is 15.1.